The van der Waals surface area contributed by atoms with E-state index >= 15 is 0 Å². The molecule has 1 aliphatic heterocycles. The number of rotatable bonds is 4. The van der Waals surface area contributed by atoms with Gasteiger partial charge in [-0.2, -0.15) is 0 Å². The van der Waals surface area contributed by atoms with Crippen LogP contribution in [-0.4, -0.2) is 54.4 Å². The Kier molecular flexibility index (Phi) is 13.0. The molecule has 0 aromatic carbocycles. The number of pyridine rings is 2. The van der Waals surface area contributed by atoms with Crippen molar-refractivity contribution in [3.8, 4) is 0 Å². The summed E-state index contributed by atoms with van der Waals surface area (Å²) in [6, 6.07) is 3.23. The first-order chi connectivity index (χ1) is 18.4. The van der Waals surface area contributed by atoms with E-state index in [4.69, 9.17) is 20.8 Å². The zero-order valence-corrected chi connectivity index (χ0v) is 26.5. The minimum Gasteiger partial charge on any atom is -0.465 e. The lowest BCUT2D eigenvalue weighted by atomic mass is 9.88. The molecule has 10 nitrogen and oxygen atoms in total. The van der Waals surface area contributed by atoms with Gasteiger partial charge < -0.3 is 30.2 Å². The Morgan fingerprint density at radius 1 is 0.850 bits per heavy atom. The topological polar surface area (TPSA) is 149 Å². The SMILES string of the molecule is CC(C)=CB1OC(C)(C)C(C)(C)O1.COC(=O)c1cnc(N)c(Br)c1.COC(=O)c1cnc(N)c(C=C(C)C)c1. The van der Waals surface area contributed by atoms with Crippen LogP contribution in [0.4, 0.5) is 11.6 Å². The summed E-state index contributed by atoms with van der Waals surface area (Å²) >= 11 is 3.15. The van der Waals surface area contributed by atoms with Crippen molar-refractivity contribution in [1.82, 2.24) is 9.97 Å². The van der Waals surface area contributed by atoms with Gasteiger partial charge in [-0.1, -0.05) is 23.2 Å². The molecule has 0 radical (unpaired) electrons. The first kappa shape index (κ1) is 34.8. The fraction of sp³-hybridized carbons (Fsp3) is 0.429. The highest BCUT2D eigenvalue weighted by Gasteiger charge is 2.50. The molecule has 1 saturated heterocycles. The number of halogens is 1. The number of hydrogen-bond acceptors (Lipinski definition) is 10. The number of anilines is 2. The van der Waals surface area contributed by atoms with Crippen LogP contribution >= 0.6 is 15.9 Å². The van der Waals surface area contributed by atoms with Gasteiger partial charge in [0.15, 0.2) is 0 Å². The van der Waals surface area contributed by atoms with Gasteiger partial charge in [-0.15, -0.1) is 0 Å². The molecule has 0 spiro atoms. The van der Waals surface area contributed by atoms with Crippen LogP contribution in [0.3, 0.4) is 0 Å². The van der Waals surface area contributed by atoms with Crippen molar-refractivity contribution >= 4 is 52.7 Å². The van der Waals surface area contributed by atoms with E-state index in [-0.39, 0.29) is 18.3 Å². The average molecular weight is 619 g/mol. The molecule has 4 N–H and O–H groups in total. The number of aromatic nitrogens is 2. The van der Waals surface area contributed by atoms with Gasteiger partial charge in [0.2, 0.25) is 0 Å². The van der Waals surface area contributed by atoms with E-state index in [2.05, 4.69) is 63.1 Å². The summed E-state index contributed by atoms with van der Waals surface area (Å²) < 4.78 is 21.2. The maximum absolute atomic E-state index is 11.2. The van der Waals surface area contributed by atoms with Crippen molar-refractivity contribution in [2.24, 2.45) is 0 Å². The van der Waals surface area contributed by atoms with Crippen LogP contribution in [0.25, 0.3) is 6.08 Å². The Morgan fingerprint density at radius 3 is 1.70 bits per heavy atom. The summed E-state index contributed by atoms with van der Waals surface area (Å²) in [5.74, 6) is 1.93. The molecule has 2 aromatic rings. The molecule has 0 unspecified atom stereocenters. The standard InChI is InChI=1S/C11H14N2O2.C10H19BO2.C7H7BrN2O2/c1-7(2)4-8-5-9(11(14)15-3)6-13-10(8)12;1-8(2)7-11-12-9(3,4)10(5,6)13-11;1-12-7(11)4-2-5(8)6(9)10-3-4/h4-6H,1-3H3,(H2,12,13);7H,1-6H3;2-3H,1H3,(H2,9,10). The molecule has 2 aromatic heterocycles. The second-order valence-electron chi connectivity index (χ2n) is 10.4. The second kappa shape index (κ2) is 15.0. The third kappa shape index (κ3) is 10.4. The van der Waals surface area contributed by atoms with Gasteiger partial charge in [0.25, 0.3) is 0 Å². The molecule has 0 atom stereocenters. The van der Waals surface area contributed by atoms with Gasteiger partial charge in [0.1, 0.15) is 11.6 Å². The van der Waals surface area contributed by atoms with E-state index in [0.29, 0.717) is 27.2 Å². The second-order valence-corrected chi connectivity index (χ2v) is 11.2. The van der Waals surface area contributed by atoms with Crippen molar-refractivity contribution in [2.75, 3.05) is 25.7 Å². The normalized spacial score (nSPS) is 14.4. The zero-order valence-electron chi connectivity index (χ0n) is 24.9. The van der Waals surface area contributed by atoms with Gasteiger partial charge >= 0.3 is 19.1 Å². The number of nitrogens with zero attached hydrogens (tertiary/aromatic N) is 2. The molecule has 40 heavy (non-hydrogen) atoms. The molecule has 3 rings (SSSR count). The third-order valence-corrected chi connectivity index (χ3v) is 6.48. The zero-order chi connectivity index (χ0) is 30.8. The quantitative estimate of drug-likeness (QED) is 0.324. The van der Waals surface area contributed by atoms with Crippen LogP contribution in [0.1, 0.15) is 81.7 Å². The maximum atomic E-state index is 11.2. The Morgan fingerprint density at radius 2 is 1.30 bits per heavy atom. The first-order valence-electron chi connectivity index (χ1n) is 12.4. The van der Waals surface area contributed by atoms with Crippen molar-refractivity contribution in [3.05, 3.63) is 62.8 Å². The summed E-state index contributed by atoms with van der Waals surface area (Å²) in [5.41, 5.74) is 14.5. The molecule has 0 amide bonds. The van der Waals surface area contributed by atoms with Gasteiger partial charge in [-0.25, -0.2) is 19.6 Å². The molecule has 218 valence electrons. The first-order valence-corrected chi connectivity index (χ1v) is 13.2. The average Bonchev–Trinajstić information content (AvgIpc) is 3.06. The molecule has 0 bridgehead atoms. The lowest BCUT2D eigenvalue weighted by Gasteiger charge is -2.32. The lowest BCUT2D eigenvalue weighted by Crippen LogP contribution is -2.41. The predicted molar refractivity (Wildman–Crippen MR) is 163 cm³/mol. The predicted octanol–water partition coefficient (Wildman–Crippen LogP) is 5.67. The van der Waals surface area contributed by atoms with Crippen LogP contribution in [0.5, 0.6) is 0 Å². The van der Waals surface area contributed by atoms with Crippen molar-refractivity contribution in [1.29, 1.82) is 0 Å². The number of hydrogen-bond donors (Lipinski definition) is 2. The van der Waals surface area contributed by atoms with Gasteiger partial charge in [0, 0.05) is 18.0 Å². The van der Waals surface area contributed by atoms with E-state index in [1.165, 1.54) is 32.2 Å². The van der Waals surface area contributed by atoms with Crippen LogP contribution < -0.4 is 11.5 Å². The Hall–Kier alpha value is -3.22. The minimum atomic E-state index is -0.428. The van der Waals surface area contributed by atoms with Crippen molar-refractivity contribution in [2.45, 2.75) is 66.6 Å². The summed E-state index contributed by atoms with van der Waals surface area (Å²) in [7, 11) is 2.46. The summed E-state index contributed by atoms with van der Waals surface area (Å²) in [5, 5.41) is 0. The number of nitrogen functional groups attached to an aromatic ring is 2. The largest absolute Gasteiger partial charge is 0.487 e. The van der Waals surface area contributed by atoms with E-state index in [9.17, 15) is 9.59 Å². The highest BCUT2D eigenvalue weighted by atomic mass is 79.9. The molecule has 0 saturated carbocycles. The molecule has 1 fully saturated rings. The number of allylic oxidation sites excluding steroid dienone is 2. The summed E-state index contributed by atoms with van der Waals surface area (Å²) in [6.45, 7) is 16.2. The Bertz CT molecular complexity index is 1240. The van der Waals surface area contributed by atoms with E-state index in [1.807, 2.05) is 39.7 Å². The van der Waals surface area contributed by atoms with Gasteiger partial charge in [0.05, 0.1) is 41.0 Å². The fourth-order valence-electron chi connectivity index (χ4n) is 3.06. The lowest BCUT2D eigenvalue weighted by molar-refractivity contribution is 0.00578. The van der Waals surface area contributed by atoms with E-state index in [1.54, 1.807) is 12.1 Å². The van der Waals surface area contributed by atoms with Crippen LogP contribution in [-0.2, 0) is 18.8 Å². The molecule has 0 aliphatic carbocycles. The fourth-order valence-corrected chi connectivity index (χ4v) is 3.40. The van der Waals surface area contributed by atoms with Crippen LogP contribution in [0.15, 0.2) is 46.1 Å². The number of carbonyl (C=O) groups excluding carboxylic acids is 2. The maximum Gasteiger partial charge on any atom is 0.487 e. The van der Waals surface area contributed by atoms with Crippen molar-refractivity contribution < 1.29 is 28.4 Å². The molecule has 1 aliphatic rings. The van der Waals surface area contributed by atoms with Crippen LogP contribution in [0, 0.1) is 0 Å². The number of methoxy groups -OCH3 is 2. The summed E-state index contributed by atoms with van der Waals surface area (Å²) in [4.78, 5) is 29.9. The van der Waals surface area contributed by atoms with E-state index < -0.39 is 11.9 Å². The van der Waals surface area contributed by atoms with Gasteiger partial charge in [-0.3, -0.25) is 0 Å². The van der Waals surface area contributed by atoms with Crippen LogP contribution in [0.2, 0.25) is 0 Å². The smallest absolute Gasteiger partial charge is 0.465 e. The molecule has 3 heterocycles. The number of carbonyl (C=O) groups is 2. The van der Waals surface area contributed by atoms with Crippen molar-refractivity contribution in [3.63, 3.8) is 0 Å². The summed E-state index contributed by atoms with van der Waals surface area (Å²) in [6.07, 6.45) is 4.64. The monoisotopic (exact) mass is 618 g/mol. The number of ether oxygens (including phenoxy) is 2. The number of esters is 2. The molecule has 12 heteroatoms. The number of nitrogens with two attached hydrogens (primary N) is 2. The van der Waals surface area contributed by atoms with Gasteiger partial charge in [-0.05, 0) is 83.5 Å². The molecular weight excluding hydrogens is 579 g/mol. The third-order valence-electron chi connectivity index (χ3n) is 5.85. The Balaban J connectivity index is 0.000000302. The highest BCUT2D eigenvalue weighted by Crippen LogP contribution is 2.37. The van der Waals surface area contributed by atoms with E-state index in [0.717, 1.165) is 11.1 Å². The molecular formula is C28H40BBrN4O6. The highest BCUT2D eigenvalue weighted by molar-refractivity contribution is 9.10. The minimum absolute atomic E-state index is 0.185. The Labute approximate surface area is 245 Å².